The molecule has 4 nitrogen and oxygen atoms in total. The van der Waals surface area contributed by atoms with Crippen LogP contribution in [-0.4, -0.2) is 36.8 Å². The molecule has 2 atom stereocenters. The number of nitrogens with one attached hydrogen (secondary N) is 1. The maximum Gasteiger partial charge on any atom is 0.230 e. The highest BCUT2D eigenvalue weighted by atomic mass is 35.5. The lowest BCUT2D eigenvalue weighted by Crippen LogP contribution is -2.29. The van der Waals surface area contributed by atoms with Gasteiger partial charge in [0.2, 0.25) is 5.91 Å². The first-order valence-electron chi connectivity index (χ1n) is 6.72. The molecule has 1 fully saturated rings. The Balaban J connectivity index is 1.78. The van der Waals surface area contributed by atoms with E-state index in [9.17, 15) is 13.2 Å². The van der Waals surface area contributed by atoms with Crippen molar-refractivity contribution in [1.29, 1.82) is 0 Å². The quantitative estimate of drug-likeness (QED) is 0.888. The average Bonchev–Trinajstić information content (AvgIpc) is 2.77. The van der Waals surface area contributed by atoms with E-state index in [2.05, 4.69) is 5.32 Å². The van der Waals surface area contributed by atoms with E-state index in [1.165, 1.54) is 11.8 Å². The Morgan fingerprint density at radius 1 is 1.43 bits per heavy atom. The molecule has 1 N–H and O–H groups in total. The molecule has 1 heterocycles. The van der Waals surface area contributed by atoms with E-state index in [0.717, 1.165) is 5.56 Å². The Hall–Kier alpha value is -0.720. The molecule has 0 spiro atoms. The minimum atomic E-state index is -2.88. The Bertz CT molecular complexity index is 601. The SMILES string of the molecule is CC(NC(=O)CSC1CCS(=O)(=O)C1)c1ccc(Cl)cc1. The second-order valence-corrected chi connectivity index (χ2v) is 9.13. The van der Waals surface area contributed by atoms with Gasteiger partial charge >= 0.3 is 0 Å². The molecule has 2 rings (SSSR count). The predicted octanol–water partition coefficient (Wildman–Crippen LogP) is 2.44. The molecule has 1 aromatic rings. The molecular formula is C14H18ClNO3S2. The molecule has 0 aromatic heterocycles. The van der Waals surface area contributed by atoms with E-state index in [1.807, 2.05) is 19.1 Å². The van der Waals surface area contributed by atoms with Crippen LogP contribution in [-0.2, 0) is 14.6 Å². The lowest BCUT2D eigenvalue weighted by Gasteiger charge is -2.15. The van der Waals surface area contributed by atoms with E-state index in [0.29, 0.717) is 11.4 Å². The molecular weight excluding hydrogens is 330 g/mol. The normalized spacial score (nSPS) is 21.9. The first-order chi connectivity index (χ1) is 9.85. The molecule has 1 aliphatic heterocycles. The van der Waals surface area contributed by atoms with Crippen LogP contribution in [0.1, 0.15) is 24.9 Å². The summed E-state index contributed by atoms with van der Waals surface area (Å²) < 4.78 is 22.7. The van der Waals surface area contributed by atoms with Gasteiger partial charge in [-0.2, -0.15) is 0 Å². The summed E-state index contributed by atoms with van der Waals surface area (Å²) in [6, 6.07) is 7.24. The van der Waals surface area contributed by atoms with Crippen molar-refractivity contribution >= 4 is 39.1 Å². The molecule has 1 amide bonds. The molecule has 7 heteroatoms. The van der Waals surface area contributed by atoms with Crippen LogP contribution in [0.15, 0.2) is 24.3 Å². The van der Waals surface area contributed by atoms with Gasteiger partial charge in [-0.1, -0.05) is 23.7 Å². The number of halogens is 1. The smallest absolute Gasteiger partial charge is 0.230 e. The van der Waals surface area contributed by atoms with E-state index in [4.69, 9.17) is 11.6 Å². The molecule has 1 saturated heterocycles. The summed E-state index contributed by atoms with van der Waals surface area (Å²) in [5.74, 6) is 0.648. The van der Waals surface area contributed by atoms with Crippen LogP contribution < -0.4 is 5.32 Å². The monoisotopic (exact) mass is 347 g/mol. The average molecular weight is 348 g/mol. The van der Waals surface area contributed by atoms with Crippen LogP contribution in [0.25, 0.3) is 0 Å². The Kier molecular flexibility index (Phi) is 5.57. The summed E-state index contributed by atoms with van der Waals surface area (Å²) in [6.45, 7) is 1.91. The second kappa shape index (κ2) is 7.03. The zero-order valence-corrected chi connectivity index (χ0v) is 14.1. The molecule has 0 radical (unpaired) electrons. The highest BCUT2D eigenvalue weighted by molar-refractivity contribution is 8.02. The third-order valence-corrected chi connectivity index (χ3v) is 6.92. The van der Waals surface area contributed by atoms with Crippen molar-refractivity contribution in [3.63, 3.8) is 0 Å². The molecule has 1 aromatic carbocycles. The molecule has 0 saturated carbocycles. The lowest BCUT2D eigenvalue weighted by molar-refractivity contribution is -0.119. The third-order valence-electron chi connectivity index (χ3n) is 3.39. The van der Waals surface area contributed by atoms with Gasteiger partial charge in [-0.15, -0.1) is 11.8 Å². The minimum absolute atomic E-state index is 0.0478. The van der Waals surface area contributed by atoms with E-state index < -0.39 is 9.84 Å². The summed E-state index contributed by atoms with van der Waals surface area (Å²) in [4.78, 5) is 11.9. The van der Waals surface area contributed by atoms with Crippen LogP contribution in [0, 0.1) is 0 Å². The number of hydrogen-bond acceptors (Lipinski definition) is 4. The van der Waals surface area contributed by atoms with Gasteiger partial charge in [0.05, 0.1) is 23.3 Å². The van der Waals surface area contributed by atoms with Crippen LogP contribution >= 0.6 is 23.4 Å². The third kappa shape index (κ3) is 5.20. The van der Waals surface area contributed by atoms with E-state index in [1.54, 1.807) is 12.1 Å². The van der Waals surface area contributed by atoms with Gasteiger partial charge in [0, 0.05) is 10.3 Å². The number of thioether (sulfide) groups is 1. The van der Waals surface area contributed by atoms with Crippen molar-refractivity contribution in [3.8, 4) is 0 Å². The van der Waals surface area contributed by atoms with E-state index >= 15 is 0 Å². The molecule has 21 heavy (non-hydrogen) atoms. The molecule has 0 bridgehead atoms. The topological polar surface area (TPSA) is 63.2 Å². The first kappa shape index (κ1) is 16.6. The summed E-state index contributed by atoms with van der Waals surface area (Å²) >= 11 is 7.25. The van der Waals surface area contributed by atoms with Gasteiger partial charge in [0.1, 0.15) is 0 Å². The van der Waals surface area contributed by atoms with Gasteiger partial charge < -0.3 is 5.32 Å². The fraction of sp³-hybridized carbons (Fsp3) is 0.500. The van der Waals surface area contributed by atoms with E-state index in [-0.39, 0.29) is 34.5 Å². The van der Waals surface area contributed by atoms with Gasteiger partial charge in [0.25, 0.3) is 0 Å². The maximum absolute atomic E-state index is 11.9. The number of carbonyl (C=O) groups excluding carboxylic acids is 1. The molecule has 116 valence electrons. The summed E-state index contributed by atoms with van der Waals surface area (Å²) in [7, 11) is -2.88. The van der Waals surface area contributed by atoms with Gasteiger partial charge in [-0.25, -0.2) is 8.42 Å². The predicted molar refractivity (Wildman–Crippen MR) is 87.5 cm³/mol. The van der Waals surface area contributed by atoms with Crippen molar-refractivity contribution in [2.45, 2.75) is 24.6 Å². The van der Waals surface area contributed by atoms with Crippen molar-refractivity contribution < 1.29 is 13.2 Å². The Morgan fingerprint density at radius 3 is 2.67 bits per heavy atom. The van der Waals surface area contributed by atoms with Gasteiger partial charge in [0.15, 0.2) is 9.84 Å². The van der Waals surface area contributed by atoms with Crippen LogP contribution in [0.2, 0.25) is 5.02 Å². The standard InChI is InChI=1S/C14H18ClNO3S2/c1-10(11-2-4-12(15)5-3-11)16-14(17)8-20-13-6-7-21(18,19)9-13/h2-5,10,13H,6-9H2,1H3,(H,16,17). The fourth-order valence-corrected chi connectivity index (χ4v) is 5.78. The summed E-state index contributed by atoms with van der Waals surface area (Å²) in [6.07, 6.45) is 0.646. The van der Waals surface area contributed by atoms with Crippen molar-refractivity contribution in [3.05, 3.63) is 34.9 Å². The largest absolute Gasteiger partial charge is 0.349 e. The van der Waals surface area contributed by atoms with Crippen molar-refractivity contribution in [2.75, 3.05) is 17.3 Å². The number of sulfone groups is 1. The van der Waals surface area contributed by atoms with Crippen molar-refractivity contribution in [1.82, 2.24) is 5.32 Å². The number of amides is 1. The van der Waals surface area contributed by atoms with Gasteiger partial charge in [-0.05, 0) is 31.0 Å². The zero-order valence-electron chi connectivity index (χ0n) is 11.7. The minimum Gasteiger partial charge on any atom is -0.349 e. The number of rotatable bonds is 5. The zero-order chi connectivity index (χ0) is 15.5. The van der Waals surface area contributed by atoms with Crippen molar-refractivity contribution in [2.24, 2.45) is 0 Å². The van der Waals surface area contributed by atoms with Crippen LogP contribution in [0.3, 0.4) is 0 Å². The second-order valence-electron chi connectivity index (χ2n) is 5.18. The Labute approximate surface area is 134 Å². The highest BCUT2D eigenvalue weighted by Gasteiger charge is 2.28. The Morgan fingerprint density at radius 2 is 2.10 bits per heavy atom. The lowest BCUT2D eigenvalue weighted by atomic mass is 10.1. The summed E-state index contributed by atoms with van der Waals surface area (Å²) in [5.41, 5.74) is 0.987. The molecule has 0 aliphatic carbocycles. The first-order valence-corrected chi connectivity index (χ1v) is 9.97. The number of hydrogen-bond donors (Lipinski definition) is 1. The molecule has 1 aliphatic rings. The maximum atomic E-state index is 11.9. The summed E-state index contributed by atoms with van der Waals surface area (Å²) in [5, 5.41) is 3.62. The highest BCUT2D eigenvalue weighted by Crippen LogP contribution is 2.24. The van der Waals surface area contributed by atoms with Crippen LogP contribution in [0.5, 0.6) is 0 Å². The number of carbonyl (C=O) groups is 1. The fourth-order valence-electron chi connectivity index (χ4n) is 2.20. The molecule has 2 unspecified atom stereocenters. The number of benzene rings is 1. The van der Waals surface area contributed by atoms with Crippen LogP contribution in [0.4, 0.5) is 0 Å². The van der Waals surface area contributed by atoms with Gasteiger partial charge in [-0.3, -0.25) is 4.79 Å².